The van der Waals surface area contributed by atoms with Crippen molar-refractivity contribution in [2.75, 3.05) is 18.4 Å². The predicted octanol–water partition coefficient (Wildman–Crippen LogP) is -0.000000000000000666. The summed E-state index contributed by atoms with van der Waals surface area (Å²) in [6.45, 7) is 1.10. The van der Waals surface area contributed by atoms with Gasteiger partial charge in [-0.2, -0.15) is 0 Å². The van der Waals surface area contributed by atoms with E-state index in [1.165, 1.54) is 4.68 Å². The summed E-state index contributed by atoms with van der Waals surface area (Å²) in [5, 5.41) is 20.1. The molecule has 1 aromatic heterocycles. The predicted molar refractivity (Wildman–Crippen MR) is 77.8 cm³/mol. The van der Waals surface area contributed by atoms with Gasteiger partial charge in [0.15, 0.2) is 5.82 Å². The Bertz CT molecular complexity index is 554. The summed E-state index contributed by atoms with van der Waals surface area (Å²) in [5.41, 5.74) is 0. The molecule has 0 radical (unpaired) electrons. The number of aliphatic hydroxyl groups is 1. The van der Waals surface area contributed by atoms with E-state index in [1.807, 2.05) is 0 Å². The van der Waals surface area contributed by atoms with Gasteiger partial charge in [-0.05, 0) is 25.7 Å². The Morgan fingerprint density at radius 1 is 1.32 bits per heavy atom. The van der Waals surface area contributed by atoms with E-state index in [1.54, 1.807) is 11.1 Å². The first kappa shape index (κ1) is 15.0. The molecule has 2 N–H and O–H groups in total. The summed E-state index contributed by atoms with van der Waals surface area (Å²) < 4.78 is 1.42. The number of nitrogens with one attached hydrogen (secondary N) is 1. The van der Waals surface area contributed by atoms with Gasteiger partial charge < -0.3 is 15.3 Å². The summed E-state index contributed by atoms with van der Waals surface area (Å²) in [5.74, 6) is 0.342. The Morgan fingerprint density at radius 2 is 2.14 bits per heavy atom. The molecule has 1 aromatic rings. The van der Waals surface area contributed by atoms with Crippen molar-refractivity contribution in [2.45, 2.75) is 44.8 Å². The van der Waals surface area contributed by atoms with Gasteiger partial charge in [-0.25, -0.2) is 4.68 Å². The van der Waals surface area contributed by atoms with Gasteiger partial charge in [0.25, 0.3) is 0 Å². The maximum Gasteiger partial charge on any atom is 0.244 e. The number of rotatable bonds is 4. The number of carbonyl (C=O) groups excluding carboxylic acids is 2. The number of hydrogen-bond donors (Lipinski definition) is 2. The number of hydrogen-bond acceptors (Lipinski definition) is 5. The van der Waals surface area contributed by atoms with Crippen LogP contribution in [0.4, 0.5) is 5.82 Å². The lowest BCUT2D eigenvalue weighted by Gasteiger charge is -2.29. The first-order chi connectivity index (χ1) is 10.6. The second-order valence-electron chi connectivity index (χ2n) is 6.05. The van der Waals surface area contributed by atoms with Crippen molar-refractivity contribution in [3.8, 4) is 0 Å². The van der Waals surface area contributed by atoms with Gasteiger partial charge in [0.1, 0.15) is 6.54 Å². The number of aliphatic hydroxyl groups excluding tert-OH is 1. The Labute approximate surface area is 128 Å². The molecular formula is C14H21N5O3. The highest BCUT2D eigenvalue weighted by atomic mass is 16.3. The lowest BCUT2D eigenvalue weighted by atomic mass is 9.85. The number of likely N-dealkylation sites (tertiary alicyclic amines) is 1. The highest BCUT2D eigenvalue weighted by Crippen LogP contribution is 2.27. The standard InChI is InChI=1S/C14H21N5O3/c20-11-5-2-6-18(7-11)13(21)9-19-8-12(16-17-19)15-14(22)10-3-1-4-10/h8,10-11,20H,1-7,9H2,(H,15,22). The van der Waals surface area contributed by atoms with E-state index in [4.69, 9.17) is 0 Å². The minimum absolute atomic E-state index is 0.0243. The van der Waals surface area contributed by atoms with E-state index in [0.717, 1.165) is 32.1 Å². The zero-order valence-corrected chi connectivity index (χ0v) is 12.4. The molecule has 2 amide bonds. The van der Waals surface area contributed by atoms with Crippen LogP contribution in [-0.4, -0.2) is 56.0 Å². The Kier molecular flexibility index (Phi) is 4.37. The van der Waals surface area contributed by atoms with Crippen molar-refractivity contribution >= 4 is 17.6 Å². The second kappa shape index (κ2) is 6.43. The van der Waals surface area contributed by atoms with E-state index < -0.39 is 6.10 Å². The molecule has 2 aliphatic rings. The number of β-amino-alcohol motifs (C(OH)–C–C–N with tert-alkyl or cyclic N) is 1. The largest absolute Gasteiger partial charge is 0.391 e. The zero-order chi connectivity index (χ0) is 15.5. The van der Waals surface area contributed by atoms with Crippen molar-refractivity contribution in [1.29, 1.82) is 0 Å². The third kappa shape index (κ3) is 3.44. The average Bonchev–Trinajstić information content (AvgIpc) is 2.83. The Hall–Kier alpha value is -1.96. The number of carbonyl (C=O) groups is 2. The van der Waals surface area contributed by atoms with Crippen molar-refractivity contribution in [1.82, 2.24) is 19.9 Å². The molecule has 2 fully saturated rings. The molecule has 1 atom stereocenters. The SMILES string of the molecule is O=C(Nc1cn(CC(=O)N2CCCC(O)C2)nn1)C1CCC1. The van der Waals surface area contributed by atoms with Gasteiger partial charge in [0.05, 0.1) is 12.3 Å². The van der Waals surface area contributed by atoms with Crippen LogP contribution >= 0.6 is 0 Å². The fourth-order valence-corrected chi connectivity index (χ4v) is 2.75. The quantitative estimate of drug-likeness (QED) is 0.815. The minimum atomic E-state index is -0.439. The van der Waals surface area contributed by atoms with Crippen molar-refractivity contribution in [3.05, 3.63) is 6.20 Å². The highest BCUT2D eigenvalue weighted by Gasteiger charge is 2.26. The van der Waals surface area contributed by atoms with E-state index in [2.05, 4.69) is 15.6 Å². The molecule has 22 heavy (non-hydrogen) atoms. The van der Waals surface area contributed by atoms with E-state index in [9.17, 15) is 14.7 Å². The zero-order valence-electron chi connectivity index (χ0n) is 12.4. The fraction of sp³-hybridized carbons (Fsp3) is 0.714. The molecular weight excluding hydrogens is 286 g/mol. The van der Waals surface area contributed by atoms with Gasteiger partial charge in [0.2, 0.25) is 11.8 Å². The maximum absolute atomic E-state index is 12.1. The smallest absolute Gasteiger partial charge is 0.244 e. The van der Waals surface area contributed by atoms with Gasteiger partial charge >= 0.3 is 0 Å². The second-order valence-corrected chi connectivity index (χ2v) is 6.05. The van der Waals surface area contributed by atoms with Crippen LogP contribution in [0.3, 0.4) is 0 Å². The third-order valence-electron chi connectivity index (χ3n) is 4.31. The maximum atomic E-state index is 12.1. The first-order valence-electron chi connectivity index (χ1n) is 7.78. The number of aromatic nitrogens is 3. The molecule has 0 bridgehead atoms. The molecule has 2 heterocycles. The van der Waals surface area contributed by atoms with Crippen molar-refractivity contribution < 1.29 is 14.7 Å². The van der Waals surface area contributed by atoms with Crippen LogP contribution in [0.2, 0.25) is 0 Å². The van der Waals surface area contributed by atoms with E-state index in [-0.39, 0.29) is 24.3 Å². The van der Waals surface area contributed by atoms with Gasteiger partial charge in [-0.3, -0.25) is 9.59 Å². The van der Waals surface area contributed by atoms with Gasteiger partial charge in [-0.1, -0.05) is 11.6 Å². The van der Waals surface area contributed by atoms with Crippen LogP contribution in [0.15, 0.2) is 6.20 Å². The summed E-state index contributed by atoms with van der Waals surface area (Å²) in [4.78, 5) is 25.6. The molecule has 8 nitrogen and oxygen atoms in total. The molecule has 1 saturated heterocycles. The van der Waals surface area contributed by atoms with Gasteiger partial charge in [-0.15, -0.1) is 5.10 Å². The molecule has 3 rings (SSSR count). The van der Waals surface area contributed by atoms with E-state index >= 15 is 0 Å². The first-order valence-corrected chi connectivity index (χ1v) is 7.78. The normalized spacial score (nSPS) is 22.2. The minimum Gasteiger partial charge on any atom is -0.391 e. The van der Waals surface area contributed by atoms with Crippen LogP contribution in [0.5, 0.6) is 0 Å². The summed E-state index contributed by atoms with van der Waals surface area (Å²) in [6.07, 6.45) is 5.63. The molecule has 120 valence electrons. The Morgan fingerprint density at radius 3 is 2.82 bits per heavy atom. The third-order valence-corrected chi connectivity index (χ3v) is 4.31. The molecule has 1 aliphatic carbocycles. The summed E-state index contributed by atoms with van der Waals surface area (Å²) >= 11 is 0. The van der Waals surface area contributed by atoms with Crippen LogP contribution in [0.25, 0.3) is 0 Å². The van der Waals surface area contributed by atoms with Crippen molar-refractivity contribution in [3.63, 3.8) is 0 Å². The van der Waals surface area contributed by atoms with Crippen LogP contribution < -0.4 is 5.32 Å². The monoisotopic (exact) mass is 307 g/mol. The molecule has 1 unspecified atom stereocenters. The lowest BCUT2D eigenvalue weighted by Crippen LogP contribution is -2.43. The number of anilines is 1. The molecule has 1 saturated carbocycles. The van der Waals surface area contributed by atoms with Crippen LogP contribution in [0.1, 0.15) is 32.1 Å². The van der Waals surface area contributed by atoms with Crippen LogP contribution in [0, 0.1) is 5.92 Å². The van der Waals surface area contributed by atoms with Gasteiger partial charge in [0, 0.05) is 19.0 Å². The molecule has 8 heteroatoms. The van der Waals surface area contributed by atoms with E-state index in [0.29, 0.717) is 18.9 Å². The lowest BCUT2D eigenvalue weighted by molar-refractivity contribution is -0.135. The number of piperidine rings is 1. The fourth-order valence-electron chi connectivity index (χ4n) is 2.75. The molecule has 0 spiro atoms. The topological polar surface area (TPSA) is 100 Å². The Balaban J connectivity index is 1.52. The molecule has 0 aromatic carbocycles. The average molecular weight is 307 g/mol. The highest BCUT2D eigenvalue weighted by molar-refractivity contribution is 5.92. The summed E-state index contributed by atoms with van der Waals surface area (Å²) in [6, 6.07) is 0. The van der Waals surface area contributed by atoms with Crippen LogP contribution in [-0.2, 0) is 16.1 Å². The number of nitrogens with zero attached hydrogens (tertiary/aromatic N) is 4. The van der Waals surface area contributed by atoms with Crippen molar-refractivity contribution in [2.24, 2.45) is 5.92 Å². The summed E-state index contributed by atoms with van der Waals surface area (Å²) in [7, 11) is 0. The molecule has 1 aliphatic heterocycles. The number of amides is 2.